The molecular formula is C42H72N6O4. The summed E-state index contributed by atoms with van der Waals surface area (Å²) in [7, 11) is 0. The number of carbonyl (C=O) groups is 2. The number of nitrogens with zero attached hydrogens (tertiary/aromatic N) is 2. The zero-order valence-electron chi connectivity index (χ0n) is 32.6. The van der Waals surface area contributed by atoms with Gasteiger partial charge >= 0.3 is 0 Å². The largest absolute Gasteiger partial charge is 0.494 e. The molecule has 0 unspecified atom stereocenters. The Labute approximate surface area is 315 Å². The summed E-state index contributed by atoms with van der Waals surface area (Å²) in [5, 5.41) is 0. The van der Waals surface area contributed by atoms with E-state index in [9.17, 15) is 9.59 Å². The van der Waals surface area contributed by atoms with E-state index in [1.165, 1.54) is 12.8 Å². The van der Waals surface area contributed by atoms with Crippen molar-refractivity contribution in [2.24, 2.45) is 22.9 Å². The molecule has 8 N–H and O–H groups in total. The number of benzene rings is 2. The van der Waals surface area contributed by atoms with Crippen LogP contribution in [0.2, 0.25) is 0 Å². The predicted octanol–water partition coefficient (Wildman–Crippen LogP) is 6.62. The van der Waals surface area contributed by atoms with Crippen molar-refractivity contribution in [1.29, 1.82) is 0 Å². The lowest BCUT2D eigenvalue weighted by Crippen LogP contribution is -2.45. The van der Waals surface area contributed by atoms with Gasteiger partial charge in [0.1, 0.15) is 11.5 Å². The van der Waals surface area contributed by atoms with Crippen LogP contribution in [0.3, 0.4) is 0 Å². The Hall–Kier alpha value is -3.18. The quantitative estimate of drug-likeness (QED) is 0.0631. The Morgan fingerprint density at radius 3 is 1.23 bits per heavy atom. The van der Waals surface area contributed by atoms with Gasteiger partial charge in [-0.3, -0.25) is 9.59 Å². The molecule has 52 heavy (non-hydrogen) atoms. The molecule has 0 radical (unpaired) electrons. The van der Waals surface area contributed by atoms with Gasteiger partial charge in [-0.05, 0) is 99.8 Å². The van der Waals surface area contributed by atoms with Gasteiger partial charge in [-0.25, -0.2) is 0 Å². The Kier molecular flexibility index (Phi) is 24.5. The Balaban J connectivity index is 1.81. The van der Waals surface area contributed by atoms with Crippen LogP contribution in [-0.4, -0.2) is 86.2 Å². The van der Waals surface area contributed by atoms with E-state index in [1.807, 2.05) is 34.1 Å². The van der Waals surface area contributed by atoms with E-state index in [1.54, 1.807) is 0 Å². The van der Waals surface area contributed by atoms with Gasteiger partial charge in [0.15, 0.2) is 0 Å². The van der Waals surface area contributed by atoms with Gasteiger partial charge in [0.25, 0.3) is 0 Å². The fourth-order valence-corrected chi connectivity index (χ4v) is 6.23. The molecule has 10 nitrogen and oxygen atoms in total. The van der Waals surface area contributed by atoms with Crippen LogP contribution in [0.25, 0.3) is 11.1 Å². The molecule has 2 amide bonds. The molecule has 0 aromatic heterocycles. The SMILES string of the molecule is CCCCCCN(CCCOc1ccc(-c2ccc(OCCCN(CCCCCC)C(=O)[C@@H](N)CCCCN)cc2)cc1)C(=O)[C@@H](N)CCCCN. The van der Waals surface area contributed by atoms with Crippen molar-refractivity contribution in [2.75, 3.05) is 52.5 Å². The Morgan fingerprint density at radius 1 is 0.519 bits per heavy atom. The van der Waals surface area contributed by atoms with E-state index in [-0.39, 0.29) is 11.8 Å². The van der Waals surface area contributed by atoms with Crippen LogP contribution in [0.1, 0.15) is 117 Å². The van der Waals surface area contributed by atoms with E-state index in [2.05, 4.69) is 38.1 Å². The van der Waals surface area contributed by atoms with E-state index in [0.29, 0.717) is 52.2 Å². The molecule has 0 aliphatic rings. The van der Waals surface area contributed by atoms with Crippen LogP contribution in [0, 0.1) is 0 Å². The van der Waals surface area contributed by atoms with Crippen LogP contribution < -0.4 is 32.4 Å². The number of carbonyl (C=O) groups excluding carboxylic acids is 2. The molecule has 0 aliphatic heterocycles. The smallest absolute Gasteiger partial charge is 0.239 e. The van der Waals surface area contributed by atoms with Crippen molar-refractivity contribution in [3.05, 3.63) is 48.5 Å². The first-order valence-electron chi connectivity index (χ1n) is 20.3. The molecule has 0 saturated heterocycles. The van der Waals surface area contributed by atoms with Gasteiger partial charge in [-0.1, -0.05) is 89.5 Å². The molecule has 2 aromatic rings. The molecular weight excluding hydrogens is 652 g/mol. The summed E-state index contributed by atoms with van der Waals surface area (Å²) in [5.41, 5.74) is 25.9. The number of hydrogen-bond donors (Lipinski definition) is 4. The minimum absolute atomic E-state index is 0.0381. The first-order chi connectivity index (χ1) is 25.3. The summed E-state index contributed by atoms with van der Waals surface area (Å²) in [6, 6.07) is 15.2. The third-order valence-electron chi connectivity index (χ3n) is 9.48. The maximum Gasteiger partial charge on any atom is 0.239 e. The number of hydrogen-bond acceptors (Lipinski definition) is 8. The second kappa shape index (κ2) is 28.3. The van der Waals surface area contributed by atoms with Crippen LogP contribution in [0.15, 0.2) is 48.5 Å². The molecule has 0 fully saturated rings. The van der Waals surface area contributed by atoms with Gasteiger partial charge in [0, 0.05) is 26.2 Å². The first kappa shape index (κ1) is 45.0. The van der Waals surface area contributed by atoms with Crippen molar-refractivity contribution in [3.8, 4) is 22.6 Å². The normalized spacial score (nSPS) is 12.3. The van der Waals surface area contributed by atoms with Crippen molar-refractivity contribution in [3.63, 3.8) is 0 Å². The number of rotatable bonds is 31. The van der Waals surface area contributed by atoms with Crippen LogP contribution >= 0.6 is 0 Å². The lowest BCUT2D eigenvalue weighted by Gasteiger charge is -2.26. The second-order valence-corrected chi connectivity index (χ2v) is 14.0. The van der Waals surface area contributed by atoms with Crippen molar-refractivity contribution in [1.82, 2.24) is 9.80 Å². The predicted molar refractivity (Wildman–Crippen MR) is 215 cm³/mol. The topological polar surface area (TPSA) is 163 Å². The molecule has 2 aromatic carbocycles. The highest BCUT2D eigenvalue weighted by atomic mass is 16.5. The standard InChI is InChI=1S/C42H72N6O4/c1-3-5-7-13-29-47(41(49)39(45)17-9-11-27-43)31-15-33-51-37-23-19-35(20-24-37)36-21-25-38(26-22-36)52-34-16-32-48(30-14-8-6-4-2)42(50)40(46)18-10-12-28-44/h19-26,39-40H,3-18,27-34,43-46H2,1-2H3/t39-,40-/m0/s1. The summed E-state index contributed by atoms with van der Waals surface area (Å²) in [6.07, 6.45) is 15.3. The molecule has 294 valence electrons. The number of ether oxygens (including phenoxy) is 2. The highest BCUT2D eigenvalue weighted by molar-refractivity contribution is 5.82. The fourth-order valence-electron chi connectivity index (χ4n) is 6.23. The molecule has 0 aliphatic carbocycles. The zero-order valence-corrected chi connectivity index (χ0v) is 32.6. The minimum atomic E-state index is -0.466. The summed E-state index contributed by atoms with van der Waals surface area (Å²) < 4.78 is 12.1. The second-order valence-electron chi connectivity index (χ2n) is 14.0. The van der Waals surface area contributed by atoms with E-state index in [4.69, 9.17) is 32.4 Å². The average molecular weight is 725 g/mol. The number of nitrogens with two attached hydrogens (primary N) is 4. The first-order valence-corrected chi connectivity index (χ1v) is 20.3. The zero-order chi connectivity index (χ0) is 37.8. The van der Waals surface area contributed by atoms with Gasteiger partial charge in [-0.15, -0.1) is 0 Å². The molecule has 0 saturated carbocycles. The number of amides is 2. The van der Waals surface area contributed by atoms with Crippen molar-refractivity contribution in [2.45, 2.75) is 129 Å². The number of unbranched alkanes of at least 4 members (excludes halogenated alkanes) is 8. The molecule has 2 atom stereocenters. The van der Waals surface area contributed by atoms with Crippen LogP contribution in [0.4, 0.5) is 0 Å². The van der Waals surface area contributed by atoms with E-state index < -0.39 is 12.1 Å². The Bertz CT molecular complexity index is 1100. The molecule has 2 rings (SSSR count). The van der Waals surface area contributed by atoms with Crippen LogP contribution in [0.5, 0.6) is 11.5 Å². The van der Waals surface area contributed by atoms with E-state index in [0.717, 1.165) is 113 Å². The van der Waals surface area contributed by atoms with Gasteiger partial charge in [0.2, 0.25) is 11.8 Å². The summed E-state index contributed by atoms with van der Waals surface area (Å²) in [6.45, 7) is 9.45. The monoisotopic (exact) mass is 725 g/mol. The maximum atomic E-state index is 13.1. The van der Waals surface area contributed by atoms with Gasteiger partial charge in [0.05, 0.1) is 25.3 Å². The van der Waals surface area contributed by atoms with Crippen LogP contribution in [-0.2, 0) is 9.59 Å². The highest BCUT2D eigenvalue weighted by Gasteiger charge is 2.21. The third kappa shape index (κ3) is 18.5. The molecule has 0 heterocycles. The van der Waals surface area contributed by atoms with Crippen molar-refractivity contribution < 1.29 is 19.1 Å². The Morgan fingerprint density at radius 2 is 0.885 bits per heavy atom. The van der Waals surface area contributed by atoms with Crippen molar-refractivity contribution >= 4 is 11.8 Å². The maximum absolute atomic E-state index is 13.1. The summed E-state index contributed by atoms with van der Waals surface area (Å²) in [5.74, 6) is 1.68. The summed E-state index contributed by atoms with van der Waals surface area (Å²) in [4.78, 5) is 30.0. The van der Waals surface area contributed by atoms with Gasteiger partial charge < -0.3 is 42.2 Å². The lowest BCUT2D eigenvalue weighted by atomic mass is 10.1. The minimum Gasteiger partial charge on any atom is -0.494 e. The highest BCUT2D eigenvalue weighted by Crippen LogP contribution is 2.25. The molecule has 0 spiro atoms. The molecule has 0 bridgehead atoms. The van der Waals surface area contributed by atoms with E-state index >= 15 is 0 Å². The third-order valence-corrected chi connectivity index (χ3v) is 9.48. The fraction of sp³-hybridized carbons (Fsp3) is 0.667. The summed E-state index contributed by atoms with van der Waals surface area (Å²) >= 11 is 0. The molecule has 10 heteroatoms. The van der Waals surface area contributed by atoms with Gasteiger partial charge in [-0.2, -0.15) is 0 Å². The lowest BCUT2D eigenvalue weighted by molar-refractivity contribution is -0.133. The average Bonchev–Trinajstić information content (AvgIpc) is 3.16.